The molecule has 59 heavy (non-hydrogen) atoms. The number of methoxy groups -OCH3 is 1. The number of nitrogens with one attached hydrogen (secondary N) is 1. The Bertz CT molecular complexity index is 2440. The van der Waals surface area contributed by atoms with Crippen LogP contribution in [0.1, 0.15) is 30.1 Å². The second-order valence-electron chi connectivity index (χ2n) is 14.0. The molecule has 5 aromatic rings. The molecule has 0 radical (unpaired) electrons. The molecule has 7 atom stereocenters. The van der Waals surface area contributed by atoms with Crippen molar-refractivity contribution in [1.29, 1.82) is 0 Å². The standard InChI is InChI=1S/C38H44N7O12PS/c1-5-53-36(47)38(45-22-42-31-33(40-21-41-34(31)45)43-35(46)23-11-7-6-8-12-23)37(48,30-19-24(52-4)17-18-54-30)32(57-58(39)49)28(56-38)20-55-59(50,51)29-16-10-13-25-26(29)14-9-15-27(25)44(2)3/h6-16,21-22,24,28,30,32,48-49H,5,17-20,39H2,1-4H3,(H,40,41,43,46)/t24?,28-,30?,32-,37-,38-,58?/m1/s1. The molecule has 1 amide bonds. The Morgan fingerprint density at radius 2 is 1.81 bits per heavy atom. The van der Waals surface area contributed by atoms with Gasteiger partial charge in [-0.15, -0.1) is 0 Å². The normalized spacial score (nSPS) is 25.2. The third-order valence-corrected chi connectivity index (χ3v) is 12.2. The van der Waals surface area contributed by atoms with Crippen LogP contribution in [0.25, 0.3) is 21.9 Å². The summed E-state index contributed by atoms with van der Waals surface area (Å²) in [6.07, 6.45) is -2.80. The zero-order chi connectivity index (χ0) is 42.1. The summed E-state index contributed by atoms with van der Waals surface area (Å²) in [6, 6.07) is 18.3. The minimum atomic E-state index is -4.61. The van der Waals surface area contributed by atoms with Gasteiger partial charge in [0.25, 0.3) is 30.3 Å². The van der Waals surface area contributed by atoms with E-state index in [1.807, 2.05) is 25.1 Å². The van der Waals surface area contributed by atoms with Crippen molar-refractivity contribution in [2.75, 3.05) is 51.2 Å². The lowest BCUT2D eigenvalue weighted by atomic mass is 9.77. The predicted octanol–water partition coefficient (Wildman–Crippen LogP) is 2.81. The van der Waals surface area contributed by atoms with Crippen LogP contribution in [-0.4, -0.2) is 121 Å². The number of rotatable bonds is 14. The van der Waals surface area contributed by atoms with Gasteiger partial charge in [-0.2, -0.15) is 8.42 Å². The van der Waals surface area contributed by atoms with Gasteiger partial charge in [0.05, 0.1) is 25.4 Å². The number of fused-ring (bicyclic) bond motifs is 2. The number of hydrogen-bond donors (Lipinski definition) is 4. The van der Waals surface area contributed by atoms with E-state index in [1.165, 1.54) is 20.1 Å². The van der Waals surface area contributed by atoms with Crippen LogP contribution in [0.4, 0.5) is 11.5 Å². The van der Waals surface area contributed by atoms with Gasteiger partial charge in [-0.1, -0.05) is 42.5 Å². The molecular weight excluding hydrogens is 809 g/mol. The lowest BCUT2D eigenvalue weighted by Gasteiger charge is -2.47. The van der Waals surface area contributed by atoms with Crippen LogP contribution in [0, 0.1) is 0 Å². The Morgan fingerprint density at radius 1 is 1.07 bits per heavy atom. The summed E-state index contributed by atoms with van der Waals surface area (Å²) >= 11 is 0. The maximum absolute atomic E-state index is 14.7. The third-order valence-electron chi connectivity index (χ3n) is 10.4. The first-order chi connectivity index (χ1) is 28.3. The molecule has 7 rings (SSSR count). The fraction of sp³-hybridized carbons (Fsp3) is 0.395. The molecule has 3 aromatic carbocycles. The number of aliphatic hydroxyl groups is 1. The third kappa shape index (κ3) is 7.65. The summed E-state index contributed by atoms with van der Waals surface area (Å²) in [4.78, 5) is 53.3. The summed E-state index contributed by atoms with van der Waals surface area (Å²) in [5, 5.41) is 17.1. The van der Waals surface area contributed by atoms with Gasteiger partial charge in [0, 0.05) is 56.3 Å². The number of nitrogens with zero attached hydrogens (tertiary/aromatic N) is 5. The van der Waals surface area contributed by atoms with Crippen molar-refractivity contribution >= 4 is 64.0 Å². The van der Waals surface area contributed by atoms with Crippen molar-refractivity contribution in [2.24, 2.45) is 5.50 Å². The molecule has 2 fully saturated rings. The first-order valence-electron chi connectivity index (χ1n) is 18.5. The Labute approximate surface area is 340 Å². The van der Waals surface area contributed by atoms with E-state index in [4.69, 9.17) is 33.2 Å². The van der Waals surface area contributed by atoms with Crippen LogP contribution in [0.3, 0.4) is 0 Å². The van der Waals surface area contributed by atoms with E-state index in [9.17, 15) is 28.0 Å². The minimum absolute atomic E-state index is 0.0261. The molecule has 2 aliphatic rings. The van der Waals surface area contributed by atoms with E-state index < -0.39 is 72.9 Å². The first-order valence-corrected chi connectivity index (χ1v) is 21.2. The SMILES string of the molecule is CCOC(=O)[C@@]1(n2cnc3c(NC(=O)c4ccccc4)ncnc32)O[C@H](COS(=O)(=O)c2cccc3c(N(C)C)cccc23)[C@@H](OP(N)O)[C@]1(O)C1CC(OC)CCO1. The fourth-order valence-electron chi connectivity index (χ4n) is 7.73. The molecule has 0 saturated carbocycles. The molecule has 0 spiro atoms. The average molecular weight is 854 g/mol. The minimum Gasteiger partial charge on any atom is -0.462 e. The van der Waals surface area contributed by atoms with Crippen molar-refractivity contribution in [3.63, 3.8) is 0 Å². The highest BCUT2D eigenvalue weighted by atomic mass is 32.2. The van der Waals surface area contributed by atoms with Crippen LogP contribution in [0.15, 0.2) is 84.3 Å². The van der Waals surface area contributed by atoms with E-state index >= 15 is 0 Å². The number of aromatic nitrogens is 4. The number of imidazole rings is 1. The van der Waals surface area contributed by atoms with E-state index in [1.54, 1.807) is 54.6 Å². The largest absolute Gasteiger partial charge is 0.462 e. The van der Waals surface area contributed by atoms with Crippen LogP contribution < -0.4 is 15.7 Å². The van der Waals surface area contributed by atoms with Gasteiger partial charge in [0.15, 0.2) is 22.6 Å². The number of nitrogens with two attached hydrogens (primary N) is 1. The van der Waals surface area contributed by atoms with E-state index in [-0.39, 0.29) is 41.5 Å². The van der Waals surface area contributed by atoms with E-state index in [2.05, 4.69) is 20.3 Å². The van der Waals surface area contributed by atoms with Crippen molar-refractivity contribution in [3.8, 4) is 0 Å². The number of amides is 1. The number of hydrogen-bond acceptors (Lipinski definition) is 17. The maximum Gasteiger partial charge on any atom is 0.363 e. The van der Waals surface area contributed by atoms with Crippen molar-refractivity contribution in [2.45, 2.75) is 60.4 Å². The molecule has 19 nitrogen and oxygen atoms in total. The molecule has 21 heteroatoms. The highest BCUT2D eigenvalue weighted by Crippen LogP contribution is 2.54. The van der Waals surface area contributed by atoms with Crippen molar-refractivity contribution in [1.82, 2.24) is 19.5 Å². The van der Waals surface area contributed by atoms with Gasteiger partial charge < -0.3 is 43.7 Å². The molecule has 0 aliphatic carbocycles. The number of benzene rings is 3. The van der Waals surface area contributed by atoms with Crippen LogP contribution in [0.2, 0.25) is 0 Å². The van der Waals surface area contributed by atoms with Crippen LogP contribution >= 0.6 is 8.53 Å². The van der Waals surface area contributed by atoms with Gasteiger partial charge in [-0.05, 0) is 37.6 Å². The van der Waals surface area contributed by atoms with Crippen LogP contribution in [0.5, 0.6) is 0 Å². The molecule has 3 unspecified atom stereocenters. The topological polar surface area (TPSA) is 249 Å². The molecule has 5 N–H and O–H groups in total. The van der Waals surface area contributed by atoms with Gasteiger partial charge in [0.2, 0.25) is 0 Å². The number of ether oxygens (including phenoxy) is 4. The molecule has 2 aliphatic heterocycles. The molecule has 2 aromatic heterocycles. The monoisotopic (exact) mass is 853 g/mol. The number of anilines is 2. The van der Waals surface area contributed by atoms with Gasteiger partial charge in [-0.25, -0.2) is 19.7 Å². The summed E-state index contributed by atoms with van der Waals surface area (Å²) in [6.45, 7) is 0.488. The molecule has 2 saturated heterocycles. The summed E-state index contributed by atoms with van der Waals surface area (Å²) in [5.41, 5.74) is 1.31. The summed E-state index contributed by atoms with van der Waals surface area (Å²) < 4.78 is 64.9. The average Bonchev–Trinajstić information content (AvgIpc) is 3.78. The van der Waals surface area contributed by atoms with Gasteiger partial charge in [-0.3, -0.25) is 19.0 Å². The highest BCUT2D eigenvalue weighted by Gasteiger charge is 2.76. The summed E-state index contributed by atoms with van der Waals surface area (Å²) in [5.74, 6) is -1.77. The summed E-state index contributed by atoms with van der Waals surface area (Å²) in [7, 11) is -2.31. The van der Waals surface area contributed by atoms with Gasteiger partial charge >= 0.3 is 5.97 Å². The number of carbonyl (C=O) groups is 2. The lowest BCUT2D eigenvalue weighted by Crippen LogP contribution is -2.69. The van der Waals surface area contributed by atoms with Crippen LogP contribution in [-0.2, 0) is 48.3 Å². The highest BCUT2D eigenvalue weighted by molar-refractivity contribution is 7.87. The smallest absolute Gasteiger partial charge is 0.363 e. The first kappa shape index (κ1) is 42.4. The second-order valence-corrected chi connectivity index (χ2v) is 16.4. The Hall–Kier alpha value is -4.73. The Morgan fingerprint density at radius 3 is 2.53 bits per heavy atom. The fourth-order valence-corrected chi connectivity index (χ4v) is 9.40. The zero-order valence-electron chi connectivity index (χ0n) is 32.5. The predicted molar refractivity (Wildman–Crippen MR) is 214 cm³/mol. The molecular formula is C38H44N7O12PS. The molecule has 4 heterocycles. The second kappa shape index (κ2) is 17.1. The Kier molecular flexibility index (Phi) is 12.3. The Balaban J connectivity index is 1.37. The van der Waals surface area contributed by atoms with Gasteiger partial charge in [0.1, 0.15) is 29.8 Å². The van der Waals surface area contributed by atoms with Crippen molar-refractivity contribution in [3.05, 3.63) is 84.9 Å². The zero-order valence-corrected chi connectivity index (χ0v) is 34.2. The number of esters is 1. The lowest BCUT2D eigenvalue weighted by molar-refractivity contribution is -0.258. The molecule has 314 valence electrons. The maximum atomic E-state index is 14.7. The molecule has 0 bridgehead atoms. The van der Waals surface area contributed by atoms with E-state index in [0.29, 0.717) is 22.8 Å². The van der Waals surface area contributed by atoms with E-state index in [0.717, 1.165) is 22.9 Å². The number of carbonyl (C=O) groups excluding carboxylic acids is 2. The van der Waals surface area contributed by atoms with Crippen molar-refractivity contribution < 1.29 is 55.7 Å². The quantitative estimate of drug-likeness (QED) is 0.0712.